The Morgan fingerprint density at radius 2 is 1.75 bits per heavy atom. The third-order valence-corrected chi connectivity index (χ3v) is 8.30. The zero-order chi connectivity index (χ0) is 23.3. The van der Waals surface area contributed by atoms with Crippen LogP contribution in [0.5, 0.6) is 0 Å². The number of carbonyl (C=O) groups is 1. The fourth-order valence-corrected chi connectivity index (χ4v) is 6.64. The zero-order valence-electron chi connectivity index (χ0n) is 18.8. The first kappa shape index (κ1) is 24.4. The van der Waals surface area contributed by atoms with E-state index in [1.165, 1.54) is 10.5 Å². The van der Waals surface area contributed by atoms with E-state index in [0.717, 1.165) is 37.7 Å². The summed E-state index contributed by atoms with van der Waals surface area (Å²) in [5.41, 5.74) is 5.52. The maximum Gasteiger partial charge on any atom is 0.255 e. The molecule has 0 spiro atoms. The number of hydrazone groups is 1. The van der Waals surface area contributed by atoms with Crippen LogP contribution in [0, 0.1) is 20.8 Å². The number of benzene rings is 2. The van der Waals surface area contributed by atoms with Gasteiger partial charge in [0.05, 0.1) is 17.7 Å². The van der Waals surface area contributed by atoms with Gasteiger partial charge >= 0.3 is 0 Å². The average Bonchev–Trinajstić information content (AvgIpc) is 2.73. The molecule has 32 heavy (non-hydrogen) atoms. The maximum atomic E-state index is 13.8. The van der Waals surface area contributed by atoms with Crippen molar-refractivity contribution in [2.45, 2.75) is 63.8 Å². The van der Waals surface area contributed by atoms with E-state index in [9.17, 15) is 13.2 Å². The number of amides is 1. The Kier molecular flexibility index (Phi) is 8.09. The minimum Gasteiger partial charge on any atom is -0.272 e. The Hall–Kier alpha value is -2.22. The number of hydrogen-bond donors (Lipinski definition) is 1. The van der Waals surface area contributed by atoms with E-state index < -0.39 is 15.9 Å². The van der Waals surface area contributed by atoms with Crippen molar-refractivity contribution in [3.8, 4) is 0 Å². The molecule has 1 aliphatic carbocycles. The molecular weight excluding hydrogens is 446 g/mol. The van der Waals surface area contributed by atoms with Gasteiger partial charge in [0.25, 0.3) is 5.91 Å². The standard InChI is InChI=1S/C24H30ClN3O3S/c1-17-13-18(2)24(19(3)14-17)32(30,31)28(21-10-5-4-6-11-21)16-23(29)27-26-15-20-9-7-8-12-22(20)25/h7-9,12-15,21H,4-6,10-11,16H2,1-3H3,(H,27,29)/b26-15+. The zero-order valence-corrected chi connectivity index (χ0v) is 20.3. The lowest BCUT2D eigenvalue weighted by molar-refractivity contribution is -0.121. The van der Waals surface area contributed by atoms with Crippen molar-refractivity contribution in [1.82, 2.24) is 9.73 Å². The van der Waals surface area contributed by atoms with Crippen LogP contribution in [0.1, 0.15) is 54.4 Å². The summed E-state index contributed by atoms with van der Waals surface area (Å²) in [5, 5.41) is 4.49. The fourth-order valence-electron chi connectivity index (χ4n) is 4.40. The molecular formula is C24H30ClN3O3S. The first-order chi connectivity index (χ1) is 15.2. The van der Waals surface area contributed by atoms with Gasteiger partial charge in [0.1, 0.15) is 0 Å². The van der Waals surface area contributed by atoms with Gasteiger partial charge in [-0.05, 0) is 50.8 Å². The van der Waals surface area contributed by atoms with E-state index in [4.69, 9.17) is 11.6 Å². The molecule has 1 saturated carbocycles. The normalized spacial score (nSPS) is 15.4. The summed E-state index contributed by atoms with van der Waals surface area (Å²) in [5.74, 6) is -0.482. The molecule has 6 nitrogen and oxygen atoms in total. The highest BCUT2D eigenvalue weighted by atomic mass is 35.5. The molecule has 1 N–H and O–H groups in total. The van der Waals surface area contributed by atoms with E-state index in [1.807, 2.05) is 25.1 Å². The molecule has 0 bridgehead atoms. The second-order valence-corrected chi connectivity index (χ2v) is 10.6. The van der Waals surface area contributed by atoms with Crippen molar-refractivity contribution in [3.63, 3.8) is 0 Å². The van der Waals surface area contributed by atoms with Gasteiger partial charge in [-0.15, -0.1) is 0 Å². The lowest BCUT2D eigenvalue weighted by Crippen LogP contribution is -2.46. The van der Waals surface area contributed by atoms with Crippen molar-refractivity contribution >= 4 is 33.7 Å². The third kappa shape index (κ3) is 5.77. The number of halogens is 1. The van der Waals surface area contributed by atoms with E-state index in [0.29, 0.717) is 26.6 Å². The van der Waals surface area contributed by atoms with Crippen molar-refractivity contribution < 1.29 is 13.2 Å². The summed E-state index contributed by atoms with van der Waals surface area (Å²) in [6.07, 6.45) is 5.94. The van der Waals surface area contributed by atoms with Gasteiger partial charge in [-0.2, -0.15) is 9.41 Å². The summed E-state index contributed by atoms with van der Waals surface area (Å²) in [4.78, 5) is 13.0. The predicted octanol–water partition coefficient (Wildman–Crippen LogP) is 4.74. The first-order valence-electron chi connectivity index (χ1n) is 10.9. The van der Waals surface area contributed by atoms with E-state index in [1.54, 1.807) is 32.0 Å². The topological polar surface area (TPSA) is 78.8 Å². The summed E-state index contributed by atoms with van der Waals surface area (Å²) in [6.45, 7) is 5.28. The first-order valence-corrected chi connectivity index (χ1v) is 12.7. The van der Waals surface area contributed by atoms with Gasteiger partial charge in [-0.1, -0.05) is 66.8 Å². The second kappa shape index (κ2) is 10.6. The number of sulfonamides is 1. The molecule has 3 rings (SSSR count). The van der Waals surface area contributed by atoms with Crippen LogP contribution in [0.3, 0.4) is 0 Å². The molecule has 2 aromatic carbocycles. The Balaban J connectivity index is 1.85. The number of hydrogen-bond acceptors (Lipinski definition) is 4. The molecule has 0 saturated heterocycles. The second-order valence-electron chi connectivity index (χ2n) is 8.38. The molecule has 0 aliphatic heterocycles. The highest BCUT2D eigenvalue weighted by Crippen LogP contribution is 2.31. The van der Waals surface area contributed by atoms with Crippen LogP contribution in [0.25, 0.3) is 0 Å². The van der Waals surface area contributed by atoms with E-state index >= 15 is 0 Å². The van der Waals surface area contributed by atoms with Gasteiger partial charge in [0.2, 0.25) is 10.0 Å². The average molecular weight is 476 g/mol. The van der Waals surface area contributed by atoms with Gasteiger partial charge < -0.3 is 0 Å². The van der Waals surface area contributed by atoms with Crippen LogP contribution in [0.15, 0.2) is 46.4 Å². The number of carbonyl (C=O) groups excluding carboxylic acids is 1. The van der Waals surface area contributed by atoms with Crippen molar-refractivity contribution in [2.75, 3.05) is 6.54 Å². The number of aryl methyl sites for hydroxylation is 3. The van der Waals surface area contributed by atoms with Crippen LogP contribution in [0.4, 0.5) is 0 Å². The smallest absolute Gasteiger partial charge is 0.255 e. The van der Waals surface area contributed by atoms with Crippen LogP contribution in [0.2, 0.25) is 5.02 Å². The molecule has 0 aromatic heterocycles. The monoisotopic (exact) mass is 475 g/mol. The van der Waals surface area contributed by atoms with E-state index in [-0.39, 0.29) is 12.6 Å². The Morgan fingerprint density at radius 3 is 2.38 bits per heavy atom. The van der Waals surface area contributed by atoms with Gasteiger partial charge in [0, 0.05) is 16.6 Å². The van der Waals surface area contributed by atoms with Gasteiger partial charge in [0.15, 0.2) is 0 Å². The summed E-state index contributed by atoms with van der Waals surface area (Å²) >= 11 is 6.10. The highest BCUT2D eigenvalue weighted by Gasteiger charge is 2.35. The van der Waals surface area contributed by atoms with Crippen molar-refractivity contribution in [3.05, 3.63) is 63.7 Å². The van der Waals surface area contributed by atoms with Crippen molar-refractivity contribution in [1.29, 1.82) is 0 Å². The summed E-state index contributed by atoms with van der Waals surface area (Å²) < 4.78 is 28.9. The quantitative estimate of drug-likeness (QED) is 0.464. The molecule has 0 heterocycles. The number of rotatable bonds is 7. The lowest BCUT2D eigenvalue weighted by Gasteiger charge is -2.33. The predicted molar refractivity (Wildman–Crippen MR) is 129 cm³/mol. The SMILES string of the molecule is Cc1cc(C)c(S(=O)(=O)N(CC(=O)N/N=C/c2ccccc2Cl)C2CCCCC2)c(C)c1. The van der Waals surface area contributed by atoms with Gasteiger partial charge in [-0.3, -0.25) is 4.79 Å². The largest absolute Gasteiger partial charge is 0.272 e. The fraction of sp³-hybridized carbons (Fsp3) is 0.417. The molecule has 0 radical (unpaired) electrons. The maximum absolute atomic E-state index is 13.8. The van der Waals surface area contributed by atoms with Crippen LogP contribution in [-0.2, 0) is 14.8 Å². The molecule has 1 amide bonds. The number of nitrogens with zero attached hydrogens (tertiary/aromatic N) is 2. The molecule has 8 heteroatoms. The minimum absolute atomic E-state index is 0.202. The highest BCUT2D eigenvalue weighted by molar-refractivity contribution is 7.89. The molecule has 172 valence electrons. The Morgan fingerprint density at radius 1 is 1.12 bits per heavy atom. The minimum atomic E-state index is -3.86. The molecule has 2 aromatic rings. The summed E-state index contributed by atoms with van der Waals surface area (Å²) in [6, 6.07) is 10.7. The lowest BCUT2D eigenvalue weighted by atomic mass is 9.95. The van der Waals surface area contributed by atoms with E-state index in [2.05, 4.69) is 10.5 Å². The molecule has 1 fully saturated rings. The van der Waals surface area contributed by atoms with Crippen molar-refractivity contribution in [2.24, 2.45) is 5.10 Å². The Labute approximate surface area is 195 Å². The third-order valence-electron chi connectivity index (χ3n) is 5.75. The number of nitrogens with one attached hydrogen (secondary N) is 1. The van der Waals surface area contributed by atoms with Crippen LogP contribution >= 0.6 is 11.6 Å². The van der Waals surface area contributed by atoms with Crippen LogP contribution < -0.4 is 5.43 Å². The summed E-state index contributed by atoms with van der Waals surface area (Å²) in [7, 11) is -3.86. The molecule has 0 atom stereocenters. The molecule has 1 aliphatic rings. The van der Waals surface area contributed by atoms with Gasteiger partial charge in [-0.25, -0.2) is 13.8 Å². The van der Waals surface area contributed by atoms with Crippen LogP contribution in [-0.4, -0.2) is 37.4 Å². The Bertz CT molecular complexity index is 1090. The molecule has 0 unspecified atom stereocenters.